The minimum atomic E-state index is 0.147. The number of nitrogens with one attached hydrogen (secondary N) is 2. The summed E-state index contributed by atoms with van der Waals surface area (Å²) in [7, 11) is 0. The molecule has 108 valence electrons. The Balaban J connectivity index is 2.18. The lowest BCUT2D eigenvalue weighted by atomic mass is 9.73. The van der Waals surface area contributed by atoms with Gasteiger partial charge in [-0.05, 0) is 5.92 Å². The molecule has 4 atom stereocenters. The lowest BCUT2D eigenvalue weighted by Crippen LogP contribution is -2.48. The van der Waals surface area contributed by atoms with Crippen LogP contribution in [0, 0.1) is 5.92 Å². The van der Waals surface area contributed by atoms with Crippen molar-refractivity contribution < 1.29 is 0 Å². The molecule has 2 N–H and O–H groups in total. The van der Waals surface area contributed by atoms with Crippen LogP contribution in [0.5, 0.6) is 0 Å². The zero-order chi connectivity index (χ0) is 14.3. The topological polar surface area (TPSA) is 48.8 Å². The smallest absolute Gasteiger partial charge is 0.0915 e. The van der Waals surface area contributed by atoms with Gasteiger partial charge in [-0.1, -0.05) is 54.7 Å². The zero-order valence-corrected chi connectivity index (χ0v) is 15.7. The number of halogens is 3. The fourth-order valence-electron chi connectivity index (χ4n) is 3.02. The van der Waals surface area contributed by atoms with Gasteiger partial charge in [0.1, 0.15) is 0 Å². The van der Waals surface area contributed by atoms with Crippen LogP contribution in [0.1, 0.15) is 6.92 Å². The second-order valence-electron chi connectivity index (χ2n) is 5.09. The summed E-state index contributed by atoms with van der Waals surface area (Å²) in [6.07, 6.45) is 3.62. The Labute approximate surface area is 143 Å². The third-order valence-corrected chi connectivity index (χ3v) is 6.51. The molecule has 4 unspecified atom stereocenters. The van der Waals surface area contributed by atoms with Gasteiger partial charge in [-0.2, -0.15) is 0 Å². The average Bonchev–Trinajstić information content (AvgIpc) is 2.50. The molecule has 2 aliphatic heterocycles. The highest BCUT2D eigenvalue weighted by Gasteiger charge is 2.45. The molecule has 0 spiro atoms. The number of aliphatic imine (C=N–C) groups is 2. The van der Waals surface area contributed by atoms with Crippen molar-refractivity contribution in [3.63, 3.8) is 0 Å². The number of rotatable bonds is 2. The highest BCUT2D eigenvalue weighted by Crippen LogP contribution is 2.44. The number of hydrogen-bond acceptors (Lipinski definition) is 4. The number of allylic oxidation sites excluding steroid dienone is 2. The van der Waals surface area contributed by atoms with Crippen molar-refractivity contribution in [1.29, 1.82) is 0 Å². The molecule has 2 heterocycles. The fourth-order valence-corrected chi connectivity index (χ4v) is 4.64. The lowest BCUT2D eigenvalue weighted by molar-refractivity contribution is 0.417. The van der Waals surface area contributed by atoms with Crippen LogP contribution >= 0.6 is 47.8 Å². The van der Waals surface area contributed by atoms with E-state index in [0.717, 1.165) is 10.7 Å². The first-order valence-electron chi connectivity index (χ1n) is 6.47. The van der Waals surface area contributed by atoms with E-state index in [1.54, 1.807) is 6.34 Å². The van der Waals surface area contributed by atoms with Gasteiger partial charge in [-0.25, -0.2) is 0 Å². The van der Waals surface area contributed by atoms with E-state index in [4.69, 9.17) is 0 Å². The molecule has 0 bridgehead atoms. The van der Waals surface area contributed by atoms with Crippen molar-refractivity contribution in [2.45, 2.75) is 23.8 Å². The first-order chi connectivity index (χ1) is 9.69. The molecule has 0 saturated heterocycles. The van der Waals surface area contributed by atoms with Crippen LogP contribution in [-0.2, 0) is 0 Å². The Kier molecular flexibility index (Phi) is 4.38. The van der Waals surface area contributed by atoms with Crippen LogP contribution < -0.4 is 10.6 Å². The van der Waals surface area contributed by atoms with Gasteiger partial charge < -0.3 is 10.6 Å². The summed E-state index contributed by atoms with van der Waals surface area (Å²) >= 11 is 11.0. The molecule has 7 heteroatoms. The van der Waals surface area contributed by atoms with Crippen molar-refractivity contribution in [3.05, 3.63) is 22.5 Å². The van der Waals surface area contributed by atoms with E-state index >= 15 is 0 Å². The van der Waals surface area contributed by atoms with Crippen molar-refractivity contribution in [1.82, 2.24) is 10.6 Å². The Hall–Kier alpha value is -0.140. The quantitative estimate of drug-likeness (QED) is 0.615. The predicted molar refractivity (Wildman–Crippen MR) is 94.4 cm³/mol. The van der Waals surface area contributed by atoms with Crippen LogP contribution in [-0.4, -0.2) is 40.2 Å². The molecule has 20 heavy (non-hydrogen) atoms. The second kappa shape index (κ2) is 5.93. The van der Waals surface area contributed by atoms with Crippen molar-refractivity contribution >= 4 is 60.5 Å². The highest BCUT2D eigenvalue weighted by molar-refractivity contribution is 9.09. The van der Waals surface area contributed by atoms with Crippen molar-refractivity contribution in [2.24, 2.45) is 15.9 Å². The number of hydrogen-bond donors (Lipinski definition) is 2. The summed E-state index contributed by atoms with van der Waals surface area (Å²) in [5.41, 5.74) is 4.93. The first-order valence-corrected chi connectivity index (χ1v) is 9.63. The van der Waals surface area contributed by atoms with Gasteiger partial charge in [0.25, 0.3) is 0 Å². The van der Waals surface area contributed by atoms with E-state index in [0.29, 0.717) is 10.7 Å². The van der Waals surface area contributed by atoms with Crippen LogP contribution in [0.3, 0.4) is 0 Å². The Morgan fingerprint density at radius 3 is 2.05 bits per heavy atom. The predicted octanol–water partition coefficient (Wildman–Crippen LogP) is 2.70. The molecule has 1 saturated carbocycles. The van der Waals surface area contributed by atoms with Crippen LogP contribution in [0.15, 0.2) is 32.5 Å². The van der Waals surface area contributed by atoms with E-state index in [2.05, 4.69) is 75.3 Å². The SMILES string of the molecule is CC1C2N=CNC(CBr)=C2C2=C(CBr)NC=NC2C1Br. The largest absolute Gasteiger partial charge is 0.349 e. The summed E-state index contributed by atoms with van der Waals surface area (Å²) in [6, 6.07) is 0.331. The summed E-state index contributed by atoms with van der Waals surface area (Å²) < 4.78 is 0. The van der Waals surface area contributed by atoms with Gasteiger partial charge in [0.15, 0.2) is 0 Å². The number of alkyl halides is 3. The van der Waals surface area contributed by atoms with E-state index in [9.17, 15) is 0 Å². The zero-order valence-electron chi connectivity index (χ0n) is 10.9. The van der Waals surface area contributed by atoms with E-state index < -0.39 is 0 Å². The molecule has 0 aromatic carbocycles. The molecular formula is C13H15Br3N4. The molecule has 0 amide bonds. The monoisotopic (exact) mass is 464 g/mol. The molecule has 1 aliphatic carbocycles. The fraction of sp³-hybridized carbons (Fsp3) is 0.538. The van der Waals surface area contributed by atoms with E-state index in [1.165, 1.54) is 22.5 Å². The normalized spacial score (nSPS) is 35.4. The van der Waals surface area contributed by atoms with Crippen LogP contribution in [0.4, 0.5) is 0 Å². The van der Waals surface area contributed by atoms with Gasteiger partial charge in [0, 0.05) is 38.0 Å². The maximum Gasteiger partial charge on any atom is 0.0915 e. The van der Waals surface area contributed by atoms with E-state index in [1.807, 2.05) is 6.34 Å². The van der Waals surface area contributed by atoms with Crippen LogP contribution in [0.25, 0.3) is 0 Å². The molecule has 0 aromatic rings. The molecule has 1 fully saturated rings. The van der Waals surface area contributed by atoms with E-state index in [-0.39, 0.29) is 12.1 Å². The van der Waals surface area contributed by atoms with Crippen LogP contribution in [0.2, 0.25) is 0 Å². The van der Waals surface area contributed by atoms with Gasteiger partial charge in [-0.15, -0.1) is 0 Å². The van der Waals surface area contributed by atoms with Gasteiger partial charge in [0.2, 0.25) is 0 Å². The summed E-state index contributed by atoms with van der Waals surface area (Å²) in [5, 5.41) is 8.13. The van der Waals surface area contributed by atoms with Gasteiger partial charge in [-0.3, -0.25) is 9.98 Å². The molecule has 3 aliphatic rings. The Morgan fingerprint density at radius 2 is 1.50 bits per heavy atom. The minimum Gasteiger partial charge on any atom is -0.349 e. The van der Waals surface area contributed by atoms with Gasteiger partial charge in [0.05, 0.1) is 24.8 Å². The second-order valence-corrected chi connectivity index (χ2v) is 7.27. The third-order valence-electron chi connectivity index (χ3n) is 4.05. The molecular weight excluding hydrogens is 452 g/mol. The molecule has 4 nitrogen and oxygen atoms in total. The summed E-state index contributed by atoms with van der Waals surface area (Å²) in [6.45, 7) is 2.24. The minimum absolute atomic E-state index is 0.147. The molecule has 0 radical (unpaired) electrons. The third kappa shape index (κ3) is 2.22. The maximum atomic E-state index is 4.67. The molecule has 0 aromatic heterocycles. The van der Waals surface area contributed by atoms with Gasteiger partial charge >= 0.3 is 0 Å². The average molecular weight is 467 g/mol. The number of fused-ring (bicyclic) bond motifs is 3. The maximum absolute atomic E-state index is 4.67. The summed E-state index contributed by atoms with van der Waals surface area (Å²) in [5.74, 6) is 0.401. The van der Waals surface area contributed by atoms with Crippen molar-refractivity contribution in [3.8, 4) is 0 Å². The van der Waals surface area contributed by atoms with Crippen molar-refractivity contribution in [2.75, 3.05) is 10.7 Å². The molecule has 3 rings (SSSR count). The lowest BCUT2D eigenvalue weighted by Gasteiger charge is -2.43. The standard InChI is InChI=1S/C13H15Br3N4/c1-6-11(16)13-10(8(3-15)18-5-20-13)9-7(2-14)17-4-19-12(6)9/h4-6,11-13H,2-3H2,1H3,(H,17,19)(H,18,20). The first kappa shape index (κ1) is 14.8. The Morgan fingerprint density at radius 1 is 1.00 bits per heavy atom. The Bertz CT molecular complexity index is 490. The summed E-state index contributed by atoms with van der Waals surface area (Å²) in [4.78, 5) is 9.61. The number of nitrogens with zero attached hydrogens (tertiary/aromatic N) is 2. The highest BCUT2D eigenvalue weighted by atomic mass is 79.9.